The Morgan fingerprint density at radius 1 is 1.11 bits per heavy atom. The first-order valence-corrected chi connectivity index (χ1v) is 6.81. The molecule has 2 rings (SSSR count). The van der Waals surface area contributed by atoms with Crippen LogP contribution in [0, 0.1) is 5.92 Å². The summed E-state index contributed by atoms with van der Waals surface area (Å²) in [5.41, 5.74) is 1.90. The Bertz CT molecular complexity index is 454. The van der Waals surface area contributed by atoms with Gasteiger partial charge in [0.25, 0.3) is 0 Å². The topological polar surface area (TPSA) is 17.1 Å². The van der Waals surface area contributed by atoms with Crippen LogP contribution in [0.3, 0.4) is 0 Å². The SMILES string of the molecule is CCCCCC1C=CC=C(c2ccccc2)C1=O. The Hall–Kier alpha value is -1.63. The fourth-order valence-electron chi connectivity index (χ4n) is 2.35. The van der Waals surface area contributed by atoms with Gasteiger partial charge in [-0.3, -0.25) is 4.79 Å². The maximum Gasteiger partial charge on any atom is 0.170 e. The van der Waals surface area contributed by atoms with Crippen LogP contribution in [0.25, 0.3) is 5.57 Å². The summed E-state index contributed by atoms with van der Waals surface area (Å²) in [6, 6.07) is 9.95. The van der Waals surface area contributed by atoms with Crippen molar-refractivity contribution in [1.29, 1.82) is 0 Å². The van der Waals surface area contributed by atoms with Crippen LogP contribution < -0.4 is 0 Å². The maximum absolute atomic E-state index is 12.4. The van der Waals surface area contributed by atoms with Gasteiger partial charge in [-0.2, -0.15) is 0 Å². The molecular formula is C17H20O. The molecule has 94 valence electrons. The fraction of sp³-hybridized carbons (Fsp3) is 0.353. The van der Waals surface area contributed by atoms with Gasteiger partial charge in [0.2, 0.25) is 0 Å². The molecule has 1 atom stereocenters. The summed E-state index contributed by atoms with van der Waals surface area (Å²) in [5.74, 6) is 0.358. The van der Waals surface area contributed by atoms with E-state index in [9.17, 15) is 4.79 Å². The van der Waals surface area contributed by atoms with E-state index in [0.717, 1.165) is 24.0 Å². The van der Waals surface area contributed by atoms with E-state index in [1.165, 1.54) is 12.8 Å². The average Bonchev–Trinajstić information content (AvgIpc) is 2.42. The summed E-state index contributed by atoms with van der Waals surface area (Å²) in [4.78, 5) is 12.4. The molecule has 1 aromatic carbocycles. The van der Waals surface area contributed by atoms with Crippen molar-refractivity contribution in [2.75, 3.05) is 0 Å². The normalized spacial score (nSPS) is 18.8. The van der Waals surface area contributed by atoms with Crippen molar-refractivity contribution in [3.8, 4) is 0 Å². The predicted molar refractivity (Wildman–Crippen MR) is 76.2 cm³/mol. The van der Waals surface area contributed by atoms with Gasteiger partial charge in [-0.25, -0.2) is 0 Å². The molecule has 0 aliphatic heterocycles. The minimum atomic E-state index is 0.0803. The van der Waals surface area contributed by atoms with Crippen LogP contribution >= 0.6 is 0 Å². The van der Waals surface area contributed by atoms with E-state index < -0.39 is 0 Å². The lowest BCUT2D eigenvalue weighted by Gasteiger charge is -2.17. The van der Waals surface area contributed by atoms with Gasteiger partial charge in [0.1, 0.15) is 0 Å². The molecule has 0 N–H and O–H groups in total. The monoisotopic (exact) mass is 240 g/mol. The molecule has 0 aromatic heterocycles. The minimum Gasteiger partial charge on any atom is -0.293 e. The zero-order chi connectivity index (χ0) is 12.8. The average molecular weight is 240 g/mol. The van der Waals surface area contributed by atoms with E-state index >= 15 is 0 Å². The number of benzene rings is 1. The Kier molecular flexibility index (Phi) is 4.52. The molecule has 18 heavy (non-hydrogen) atoms. The molecule has 1 aromatic rings. The van der Waals surface area contributed by atoms with Crippen LogP contribution in [0.15, 0.2) is 48.6 Å². The maximum atomic E-state index is 12.4. The highest BCUT2D eigenvalue weighted by molar-refractivity contribution is 6.23. The molecule has 1 nitrogen and oxygen atoms in total. The highest BCUT2D eigenvalue weighted by Crippen LogP contribution is 2.26. The lowest BCUT2D eigenvalue weighted by Crippen LogP contribution is -2.16. The van der Waals surface area contributed by atoms with Gasteiger partial charge in [0.15, 0.2) is 5.78 Å². The van der Waals surface area contributed by atoms with E-state index in [-0.39, 0.29) is 11.7 Å². The van der Waals surface area contributed by atoms with Crippen molar-refractivity contribution < 1.29 is 4.79 Å². The van der Waals surface area contributed by atoms with Crippen LogP contribution in [-0.2, 0) is 4.79 Å². The Morgan fingerprint density at radius 3 is 2.61 bits per heavy atom. The summed E-state index contributed by atoms with van der Waals surface area (Å²) in [7, 11) is 0. The van der Waals surface area contributed by atoms with Crippen LogP contribution in [0.2, 0.25) is 0 Å². The minimum absolute atomic E-state index is 0.0803. The number of ketones is 1. The number of Topliss-reactive ketones (excluding diaryl/α,β-unsaturated/α-hetero) is 1. The smallest absolute Gasteiger partial charge is 0.170 e. The fourth-order valence-corrected chi connectivity index (χ4v) is 2.35. The highest BCUT2D eigenvalue weighted by Gasteiger charge is 2.22. The van der Waals surface area contributed by atoms with Crippen molar-refractivity contribution in [3.63, 3.8) is 0 Å². The van der Waals surface area contributed by atoms with Gasteiger partial charge in [-0.15, -0.1) is 0 Å². The summed E-state index contributed by atoms with van der Waals surface area (Å²) >= 11 is 0. The number of allylic oxidation sites excluding steroid dienone is 4. The molecule has 0 amide bonds. The summed E-state index contributed by atoms with van der Waals surface area (Å²) < 4.78 is 0. The van der Waals surface area contributed by atoms with Crippen molar-refractivity contribution in [2.24, 2.45) is 5.92 Å². The first-order chi connectivity index (χ1) is 8.83. The van der Waals surface area contributed by atoms with Crippen molar-refractivity contribution >= 4 is 11.4 Å². The summed E-state index contributed by atoms with van der Waals surface area (Å²) in [5, 5.41) is 0. The number of carbonyl (C=O) groups excluding carboxylic acids is 1. The van der Waals surface area contributed by atoms with E-state index in [1.807, 2.05) is 48.6 Å². The third-order valence-electron chi connectivity index (χ3n) is 3.41. The van der Waals surface area contributed by atoms with E-state index in [0.29, 0.717) is 0 Å². The molecule has 1 heteroatoms. The number of unbranched alkanes of at least 4 members (excludes halogenated alkanes) is 2. The summed E-state index contributed by atoms with van der Waals surface area (Å²) in [6.45, 7) is 2.19. The van der Waals surface area contributed by atoms with Crippen LogP contribution in [0.4, 0.5) is 0 Å². The second kappa shape index (κ2) is 6.34. The van der Waals surface area contributed by atoms with Gasteiger partial charge in [0, 0.05) is 11.5 Å². The molecule has 0 saturated heterocycles. The number of carbonyl (C=O) groups is 1. The van der Waals surface area contributed by atoms with Crippen LogP contribution in [0.5, 0.6) is 0 Å². The van der Waals surface area contributed by atoms with E-state index in [4.69, 9.17) is 0 Å². The molecule has 0 bridgehead atoms. The third-order valence-corrected chi connectivity index (χ3v) is 3.41. The first kappa shape index (κ1) is 12.8. The molecule has 1 aliphatic carbocycles. The molecule has 1 unspecified atom stereocenters. The van der Waals surface area contributed by atoms with Gasteiger partial charge < -0.3 is 0 Å². The second-order valence-electron chi connectivity index (χ2n) is 4.80. The van der Waals surface area contributed by atoms with Gasteiger partial charge >= 0.3 is 0 Å². The molecule has 0 heterocycles. The highest BCUT2D eigenvalue weighted by atomic mass is 16.1. The number of hydrogen-bond donors (Lipinski definition) is 0. The Morgan fingerprint density at radius 2 is 1.89 bits per heavy atom. The molecule has 0 radical (unpaired) electrons. The van der Waals surface area contributed by atoms with E-state index in [1.54, 1.807) is 0 Å². The van der Waals surface area contributed by atoms with E-state index in [2.05, 4.69) is 6.92 Å². The summed E-state index contributed by atoms with van der Waals surface area (Å²) in [6.07, 6.45) is 10.5. The predicted octanol–water partition coefficient (Wildman–Crippen LogP) is 4.41. The number of hydrogen-bond acceptors (Lipinski definition) is 1. The largest absolute Gasteiger partial charge is 0.293 e. The third kappa shape index (κ3) is 2.98. The van der Waals surface area contributed by atoms with Crippen molar-refractivity contribution in [3.05, 3.63) is 54.1 Å². The van der Waals surface area contributed by atoms with Crippen LogP contribution in [0.1, 0.15) is 38.2 Å². The quantitative estimate of drug-likeness (QED) is 0.697. The molecular weight excluding hydrogens is 220 g/mol. The zero-order valence-corrected chi connectivity index (χ0v) is 10.9. The van der Waals surface area contributed by atoms with Gasteiger partial charge in [0.05, 0.1) is 0 Å². The zero-order valence-electron chi connectivity index (χ0n) is 10.9. The molecule has 0 fully saturated rings. The van der Waals surface area contributed by atoms with Crippen LogP contribution in [-0.4, -0.2) is 5.78 Å². The van der Waals surface area contributed by atoms with Gasteiger partial charge in [-0.1, -0.05) is 74.7 Å². The standard InChI is InChI=1S/C17H20O/c1-2-3-5-11-15-12-8-13-16(17(15)18)14-9-6-4-7-10-14/h4,6-10,12-13,15H,2-3,5,11H2,1H3. The molecule has 0 spiro atoms. The van der Waals surface area contributed by atoms with Crippen molar-refractivity contribution in [1.82, 2.24) is 0 Å². The van der Waals surface area contributed by atoms with Gasteiger partial charge in [-0.05, 0) is 12.0 Å². The Labute approximate surface area is 109 Å². The molecule has 0 saturated carbocycles. The first-order valence-electron chi connectivity index (χ1n) is 6.81. The Balaban J connectivity index is 2.08. The second-order valence-corrected chi connectivity index (χ2v) is 4.80. The van der Waals surface area contributed by atoms with Crippen molar-refractivity contribution in [2.45, 2.75) is 32.6 Å². The lowest BCUT2D eigenvalue weighted by molar-refractivity contribution is -0.116. The number of rotatable bonds is 5. The lowest BCUT2D eigenvalue weighted by atomic mass is 9.85. The molecule has 1 aliphatic rings.